The SMILES string of the molecule is CCNC(=NCCNC(=O)C1CC1)NCCSc1ccc(F)cc1.I. The first-order valence-electron chi connectivity index (χ1n) is 8.37. The Hall–Kier alpha value is -1.03. The quantitative estimate of drug-likeness (QED) is 0.167. The van der Waals surface area contributed by atoms with Gasteiger partial charge in [-0.05, 0) is 44.0 Å². The average molecular weight is 480 g/mol. The van der Waals surface area contributed by atoms with Crippen molar-refractivity contribution in [1.82, 2.24) is 16.0 Å². The molecule has 5 nitrogen and oxygen atoms in total. The maximum Gasteiger partial charge on any atom is 0.223 e. The molecule has 0 bridgehead atoms. The third kappa shape index (κ3) is 9.29. The number of nitrogens with zero attached hydrogens (tertiary/aromatic N) is 1. The molecule has 0 unspecified atom stereocenters. The second-order valence-electron chi connectivity index (χ2n) is 5.56. The zero-order valence-electron chi connectivity index (χ0n) is 14.4. The summed E-state index contributed by atoms with van der Waals surface area (Å²) >= 11 is 1.66. The minimum absolute atomic E-state index is 0. The van der Waals surface area contributed by atoms with Crippen molar-refractivity contribution in [2.75, 3.05) is 31.9 Å². The maximum atomic E-state index is 12.8. The molecule has 0 atom stereocenters. The summed E-state index contributed by atoms with van der Waals surface area (Å²) < 4.78 is 12.8. The van der Waals surface area contributed by atoms with E-state index >= 15 is 0 Å². The van der Waals surface area contributed by atoms with E-state index in [4.69, 9.17) is 0 Å². The van der Waals surface area contributed by atoms with Gasteiger partial charge in [-0.3, -0.25) is 9.79 Å². The summed E-state index contributed by atoms with van der Waals surface area (Å²) in [7, 11) is 0. The Balaban J connectivity index is 0.00000312. The summed E-state index contributed by atoms with van der Waals surface area (Å²) in [5.74, 6) is 1.78. The summed E-state index contributed by atoms with van der Waals surface area (Å²) in [6, 6.07) is 6.50. The van der Waals surface area contributed by atoms with Gasteiger partial charge in [-0.1, -0.05) is 0 Å². The van der Waals surface area contributed by atoms with Crippen molar-refractivity contribution < 1.29 is 9.18 Å². The Labute approximate surface area is 170 Å². The van der Waals surface area contributed by atoms with Crippen LogP contribution in [0, 0.1) is 11.7 Å². The van der Waals surface area contributed by atoms with Crippen LogP contribution >= 0.6 is 35.7 Å². The fourth-order valence-corrected chi connectivity index (χ4v) is 2.82. The summed E-state index contributed by atoms with van der Waals surface area (Å²) in [6.45, 7) is 4.67. The third-order valence-electron chi connectivity index (χ3n) is 3.45. The largest absolute Gasteiger partial charge is 0.357 e. The minimum atomic E-state index is -0.215. The van der Waals surface area contributed by atoms with Crippen LogP contribution in [0.5, 0.6) is 0 Å². The highest BCUT2D eigenvalue weighted by molar-refractivity contribution is 14.0. The van der Waals surface area contributed by atoms with Gasteiger partial charge in [-0.2, -0.15) is 0 Å². The van der Waals surface area contributed by atoms with Gasteiger partial charge < -0.3 is 16.0 Å². The molecule has 1 aliphatic carbocycles. The fraction of sp³-hybridized carbons (Fsp3) is 0.529. The first-order valence-corrected chi connectivity index (χ1v) is 9.36. The number of hydrogen-bond acceptors (Lipinski definition) is 3. The van der Waals surface area contributed by atoms with Gasteiger partial charge in [-0.25, -0.2) is 4.39 Å². The van der Waals surface area contributed by atoms with Crippen LogP contribution in [0.4, 0.5) is 4.39 Å². The molecule has 1 amide bonds. The Morgan fingerprint density at radius 1 is 1.20 bits per heavy atom. The second-order valence-corrected chi connectivity index (χ2v) is 6.72. The van der Waals surface area contributed by atoms with Gasteiger partial charge in [0.25, 0.3) is 0 Å². The highest BCUT2D eigenvalue weighted by Gasteiger charge is 2.28. The molecular weight excluding hydrogens is 454 g/mol. The number of thioether (sulfide) groups is 1. The lowest BCUT2D eigenvalue weighted by Gasteiger charge is -2.11. The van der Waals surface area contributed by atoms with Gasteiger partial charge in [0.1, 0.15) is 5.82 Å². The summed E-state index contributed by atoms with van der Waals surface area (Å²) in [6.07, 6.45) is 2.04. The number of carbonyl (C=O) groups is 1. The molecule has 1 aromatic rings. The average Bonchev–Trinajstić information content (AvgIpc) is 3.41. The molecular formula is C17H26FIN4OS. The van der Waals surface area contributed by atoms with Gasteiger partial charge in [0.2, 0.25) is 5.91 Å². The van der Waals surface area contributed by atoms with Crippen molar-refractivity contribution in [3.63, 3.8) is 0 Å². The normalized spacial score (nSPS) is 13.8. The first-order chi connectivity index (χ1) is 11.7. The fourth-order valence-electron chi connectivity index (χ4n) is 2.05. The zero-order chi connectivity index (χ0) is 17.2. The molecule has 1 aliphatic rings. The predicted octanol–water partition coefficient (Wildman–Crippen LogP) is 2.62. The molecule has 0 heterocycles. The van der Waals surface area contributed by atoms with Crippen molar-refractivity contribution in [2.45, 2.75) is 24.7 Å². The number of hydrogen-bond donors (Lipinski definition) is 3. The van der Waals surface area contributed by atoms with Crippen molar-refractivity contribution in [2.24, 2.45) is 10.9 Å². The van der Waals surface area contributed by atoms with Crippen molar-refractivity contribution in [3.05, 3.63) is 30.1 Å². The number of aliphatic imine (C=N–C) groups is 1. The van der Waals surface area contributed by atoms with Crippen LogP contribution in [-0.2, 0) is 4.79 Å². The number of nitrogens with one attached hydrogen (secondary N) is 3. The van der Waals surface area contributed by atoms with Crippen LogP contribution in [0.3, 0.4) is 0 Å². The highest BCUT2D eigenvalue weighted by Crippen LogP contribution is 2.28. The van der Waals surface area contributed by atoms with Crippen molar-refractivity contribution >= 4 is 47.6 Å². The molecule has 1 saturated carbocycles. The van der Waals surface area contributed by atoms with Gasteiger partial charge in [0, 0.05) is 36.2 Å². The van der Waals surface area contributed by atoms with E-state index in [0.29, 0.717) is 13.1 Å². The molecule has 3 N–H and O–H groups in total. The molecule has 140 valence electrons. The summed E-state index contributed by atoms with van der Waals surface area (Å²) in [4.78, 5) is 17.0. The number of carbonyl (C=O) groups excluding carboxylic acids is 1. The topological polar surface area (TPSA) is 65.5 Å². The molecule has 0 saturated heterocycles. The van der Waals surface area contributed by atoms with E-state index in [0.717, 1.165) is 42.5 Å². The van der Waals surface area contributed by atoms with E-state index in [-0.39, 0.29) is 41.6 Å². The van der Waals surface area contributed by atoms with Crippen LogP contribution in [0.15, 0.2) is 34.2 Å². The van der Waals surface area contributed by atoms with Gasteiger partial charge >= 0.3 is 0 Å². The maximum absolute atomic E-state index is 12.8. The smallest absolute Gasteiger partial charge is 0.223 e. The lowest BCUT2D eigenvalue weighted by Crippen LogP contribution is -2.39. The Bertz CT molecular complexity index is 552. The Morgan fingerprint density at radius 3 is 2.56 bits per heavy atom. The minimum Gasteiger partial charge on any atom is -0.357 e. The Morgan fingerprint density at radius 2 is 1.92 bits per heavy atom. The molecule has 1 aromatic carbocycles. The molecule has 8 heteroatoms. The molecule has 25 heavy (non-hydrogen) atoms. The monoisotopic (exact) mass is 480 g/mol. The van der Waals surface area contributed by atoms with E-state index in [1.54, 1.807) is 23.9 Å². The van der Waals surface area contributed by atoms with E-state index in [9.17, 15) is 9.18 Å². The molecule has 2 rings (SSSR count). The number of halogens is 2. The van der Waals surface area contributed by atoms with E-state index in [2.05, 4.69) is 20.9 Å². The molecule has 0 aromatic heterocycles. The summed E-state index contributed by atoms with van der Waals surface area (Å²) in [5.41, 5.74) is 0. The van der Waals surface area contributed by atoms with Crippen LogP contribution < -0.4 is 16.0 Å². The molecule has 0 radical (unpaired) electrons. The number of guanidine groups is 1. The Kier molecular flexibility index (Phi) is 10.9. The zero-order valence-corrected chi connectivity index (χ0v) is 17.5. The third-order valence-corrected chi connectivity index (χ3v) is 4.46. The van der Waals surface area contributed by atoms with Crippen LogP contribution in [0.1, 0.15) is 19.8 Å². The first kappa shape index (κ1) is 22.0. The predicted molar refractivity (Wildman–Crippen MR) is 112 cm³/mol. The number of rotatable bonds is 9. The summed E-state index contributed by atoms with van der Waals surface area (Å²) in [5, 5.41) is 9.34. The van der Waals surface area contributed by atoms with Crippen molar-refractivity contribution in [1.29, 1.82) is 0 Å². The van der Waals surface area contributed by atoms with Crippen LogP contribution in [-0.4, -0.2) is 43.8 Å². The molecule has 0 aliphatic heterocycles. The number of amides is 1. The van der Waals surface area contributed by atoms with E-state index in [1.165, 1.54) is 12.1 Å². The molecule has 1 fully saturated rings. The van der Waals surface area contributed by atoms with Gasteiger partial charge in [0.05, 0.1) is 6.54 Å². The lowest BCUT2D eigenvalue weighted by molar-refractivity contribution is -0.122. The lowest BCUT2D eigenvalue weighted by atomic mass is 10.4. The van der Waals surface area contributed by atoms with E-state index < -0.39 is 0 Å². The second kappa shape index (κ2) is 12.3. The van der Waals surface area contributed by atoms with Gasteiger partial charge in [0.15, 0.2) is 5.96 Å². The van der Waals surface area contributed by atoms with E-state index in [1.807, 2.05) is 6.92 Å². The standard InChI is InChI=1S/C17H25FN4OS.HI/c1-2-19-17(21-10-9-20-16(23)13-3-4-13)22-11-12-24-15-7-5-14(18)6-8-15;/h5-8,13H,2-4,9-12H2,1H3,(H,20,23)(H2,19,21,22);1H. The van der Waals surface area contributed by atoms with Crippen molar-refractivity contribution in [3.8, 4) is 0 Å². The molecule has 0 spiro atoms. The van der Waals surface area contributed by atoms with Crippen LogP contribution in [0.25, 0.3) is 0 Å². The highest BCUT2D eigenvalue weighted by atomic mass is 127. The van der Waals surface area contributed by atoms with Gasteiger partial charge in [-0.15, -0.1) is 35.7 Å². The van der Waals surface area contributed by atoms with Crippen LogP contribution in [0.2, 0.25) is 0 Å². The number of benzene rings is 1.